The van der Waals surface area contributed by atoms with Crippen molar-refractivity contribution in [2.24, 2.45) is 0 Å². The number of hydrogen-bond acceptors (Lipinski definition) is 0. The van der Waals surface area contributed by atoms with Gasteiger partial charge in [0.15, 0.2) is 0 Å². The fourth-order valence-electron chi connectivity index (χ4n) is 3.13. The third kappa shape index (κ3) is 4.33. The van der Waals surface area contributed by atoms with Crippen molar-refractivity contribution < 1.29 is 20.8 Å². The van der Waals surface area contributed by atoms with Crippen molar-refractivity contribution in [2.75, 3.05) is 0 Å². The van der Waals surface area contributed by atoms with Gasteiger partial charge >= 0.3 is 37.9 Å². The Balaban J connectivity index is 0.000000595. The Hall–Kier alpha value is -0.487. The molecule has 0 unspecified atom stereocenters. The van der Waals surface area contributed by atoms with E-state index in [0.29, 0.717) is 5.92 Å². The van der Waals surface area contributed by atoms with Gasteiger partial charge in [0, 0.05) is 0 Å². The number of aryl methyl sites for hydroxylation is 2. The molecule has 120 valence electrons. The molecule has 0 saturated carbocycles. The van der Waals surface area contributed by atoms with Gasteiger partial charge in [-0.1, -0.05) is 56.2 Å². The molecule has 0 N–H and O–H groups in total. The summed E-state index contributed by atoms with van der Waals surface area (Å²) >= 11 is -0.826. The second kappa shape index (κ2) is 8.56. The minimum absolute atomic E-state index is 0.539. The standard InChI is InChI=1S/C20H21.2ClH.Zr/c1-13(2)17-7-5-6-8-18(17)20-15(4)9-10-16-11-14(3)12-19(16)20;;;/h5-13H,1-4H3;2*1H;/q-1;;;+2/p-2. The fraction of sp³-hybridized carbons (Fsp3) is 0.250. The van der Waals surface area contributed by atoms with Crippen molar-refractivity contribution in [3.8, 4) is 11.1 Å². The molecule has 0 aliphatic rings. The number of fused-ring (bicyclic) bond motifs is 1. The zero-order chi connectivity index (χ0) is 17.0. The Labute approximate surface area is 157 Å². The molecule has 0 bridgehead atoms. The molecule has 0 aliphatic heterocycles. The number of halogens is 2. The summed E-state index contributed by atoms with van der Waals surface area (Å²) in [4.78, 5) is 0. The van der Waals surface area contributed by atoms with E-state index in [9.17, 15) is 0 Å². The van der Waals surface area contributed by atoms with Crippen LogP contribution in [0, 0.1) is 13.8 Å². The van der Waals surface area contributed by atoms with Crippen molar-refractivity contribution in [3.05, 3.63) is 65.2 Å². The molecular formula is C20H21Cl2Zr-. The molecule has 0 spiro atoms. The molecule has 3 aromatic rings. The van der Waals surface area contributed by atoms with Crippen LogP contribution in [0.5, 0.6) is 0 Å². The quantitative estimate of drug-likeness (QED) is 0.378. The van der Waals surface area contributed by atoms with Crippen LogP contribution >= 0.6 is 17.0 Å². The summed E-state index contributed by atoms with van der Waals surface area (Å²) in [5.41, 5.74) is 6.92. The Morgan fingerprint density at radius 1 is 1.00 bits per heavy atom. The molecule has 23 heavy (non-hydrogen) atoms. The van der Waals surface area contributed by atoms with Gasteiger partial charge in [-0.3, -0.25) is 0 Å². The number of benzene rings is 2. The van der Waals surface area contributed by atoms with Crippen molar-refractivity contribution in [2.45, 2.75) is 33.6 Å². The van der Waals surface area contributed by atoms with E-state index in [-0.39, 0.29) is 0 Å². The number of rotatable bonds is 2. The normalized spacial score (nSPS) is 10.6. The van der Waals surface area contributed by atoms with Crippen LogP contribution in [0.3, 0.4) is 0 Å². The number of hydrogen-bond donors (Lipinski definition) is 0. The van der Waals surface area contributed by atoms with Gasteiger partial charge in [0.25, 0.3) is 0 Å². The molecule has 0 saturated heterocycles. The van der Waals surface area contributed by atoms with Gasteiger partial charge in [-0.2, -0.15) is 6.07 Å². The molecule has 0 heterocycles. The topological polar surface area (TPSA) is 0 Å². The van der Waals surface area contributed by atoms with Gasteiger partial charge in [-0.25, -0.2) is 0 Å². The summed E-state index contributed by atoms with van der Waals surface area (Å²) in [7, 11) is 9.87. The monoisotopic (exact) mass is 421 g/mol. The van der Waals surface area contributed by atoms with E-state index in [0.717, 1.165) is 0 Å². The second-order valence-electron chi connectivity index (χ2n) is 6.11. The minimum atomic E-state index is -0.826. The van der Waals surface area contributed by atoms with E-state index < -0.39 is 20.8 Å². The van der Waals surface area contributed by atoms with Gasteiger partial charge in [0.1, 0.15) is 0 Å². The molecule has 0 nitrogen and oxygen atoms in total. The first-order chi connectivity index (χ1) is 11.0. The van der Waals surface area contributed by atoms with Crippen LogP contribution in [-0.4, -0.2) is 0 Å². The van der Waals surface area contributed by atoms with Crippen molar-refractivity contribution in [1.82, 2.24) is 0 Å². The summed E-state index contributed by atoms with van der Waals surface area (Å²) in [5, 5.41) is 2.73. The SMILES string of the molecule is Cc1cc2c(-c3ccccc3C(C)C)c(C)ccc2[cH-]1.[Cl][Zr][Cl]. The Morgan fingerprint density at radius 3 is 2.30 bits per heavy atom. The zero-order valence-corrected chi connectivity index (χ0v) is 17.9. The maximum absolute atomic E-state index is 4.93. The molecule has 3 aromatic carbocycles. The molecule has 3 heteroatoms. The molecule has 0 aliphatic carbocycles. The van der Waals surface area contributed by atoms with E-state index in [2.05, 4.69) is 76.2 Å². The molecule has 0 atom stereocenters. The van der Waals surface area contributed by atoms with E-state index >= 15 is 0 Å². The van der Waals surface area contributed by atoms with E-state index in [1.807, 2.05) is 0 Å². The van der Waals surface area contributed by atoms with Crippen LogP contribution in [0.1, 0.15) is 36.5 Å². The summed E-state index contributed by atoms with van der Waals surface area (Å²) in [5.74, 6) is 0.539. The third-order valence-corrected chi connectivity index (χ3v) is 4.09. The first kappa shape index (κ1) is 18.8. The summed E-state index contributed by atoms with van der Waals surface area (Å²) in [6.45, 7) is 8.93. The van der Waals surface area contributed by atoms with Crippen LogP contribution in [-0.2, 0) is 20.8 Å². The molecule has 0 amide bonds. The van der Waals surface area contributed by atoms with Gasteiger partial charge in [-0.15, -0.1) is 34.5 Å². The van der Waals surface area contributed by atoms with Crippen LogP contribution in [0.15, 0.2) is 48.5 Å². The third-order valence-electron chi connectivity index (χ3n) is 4.09. The van der Waals surface area contributed by atoms with Crippen LogP contribution < -0.4 is 0 Å². The zero-order valence-electron chi connectivity index (χ0n) is 14.0. The molecule has 0 fully saturated rings. The molecule has 3 rings (SSSR count). The molecule has 0 radical (unpaired) electrons. The Bertz CT molecular complexity index is 787. The van der Waals surface area contributed by atoms with E-state index in [1.165, 1.54) is 38.6 Å². The van der Waals surface area contributed by atoms with Gasteiger partial charge in [0.2, 0.25) is 0 Å². The van der Waals surface area contributed by atoms with Crippen LogP contribution in [0.2, 0.25) is 0 Å². The summed E-state index contributed by atoms with van der Waals surface area (Å²) in [6.07, 6.45) is 0. The average Bonchev–Trinajstić information content (AvgIpc) is 2.88. The molecular weight excluding hydrogens is 402 g/mol. The molecule has 0 aromatic heterocycles. The van der Waals surface area contributed by atoms with Gasteiger partial charge < -0.3 is 0 Å². The second-order valence-corrected chi connectivity index (χ2v) is 9.84. The van der Waals surface area contributed by atoms with E-state index in [4.69, 9.17) is 17.0 Å². The van der Waals surface area contributed by atoms with Crippen LogP contribution in [0.25, 0.3) is 21.9 Å². The van der Waals surface area contributed by atoms with Crippen molar-refractivity contribution in [1.29, 1.82) is 0 Å². The van der Waals surface area contributed by atoms with Crippen molar-refractivity contribution >= 4 is 27.8 Å². The predicted molar refractivity (Wildman–Crippen MR) is 100 cm³/mol. The van der Waals surface area contributed by atoms with Crippen LogP contribution in [0.4, 0.5) is 0 Å². The van der Waals surface area contributed by atoms with E-state index in [1.54, 1.807) is 0 Å². The maximum atomic E-state index is 4.93. The van der Waals surface area contributed by atoms with Gasteiger partial charge in [-0.05, 0) is 24.0 Å². The van der Waals surface area contributed by atoms with Gasteiger partial charge in [0.05, 0.1) is 0 Å². The average molecular weight is 424 g/mol. The fourth-order valence-corrected chi connectivity index (χ4v) is 3.13. The Kier molecular flexibility index (Phi) is 7.02. The first-order valence-electron chi connectivity index (χ1n) is 7.71. The summed E-state index contributed by atoms with van der Waals surface area (Å²) < 4.78 is 0. The summed E-state index contributed by atoms with van der Waals surface area (Å²) in [6, 6.07) is 17.9. The van der Waals surface area contributed by atoms with Crippen molar-refractivity contribution in [3.63, 3.8) is 0 Å². The first-order valence-corrected chi connectivity index (χ1v) is 14.0. The predicted octanol–water partition coefficient (Wildman–Crippen LogP) is 7.34. The Morgan fingerprint density at radius 2 is 1.65 bits per heavy atom.